The molecule has 0 N–H and O–H groups in total. The van der Waals surface area contributed by atoms with Crippen LogP contribution in [0.5, 0.6) is 0 Å². The zero-order chi connectivity index (χ0) is 30.5. The molecule has 0 saturated heterocycles. The van der Waals surface area contributed by atoms with Gasteiger partial charge in [0.15, 0.2) is 17.5 Å². The van der Waals surface area contributed by atoms with E-state index in [1.54, 1.807) is 11.3 Å². The molecule has 0 aliphatic carbocycles. The second-order valence-corrected chi connectivity index (χ2v) is 13.2. The Balaban J connectivity index is 1.29. The quantitative estimate of drug-likeness (QED) is 0.191. The highest BCUT2D eigenvalue weighted by Crippen LogP contribution is 2.46. The maximum Gasteiger partial charge on any atom is 0.164 e. The largest absolute Gasteiger partial charge is 0.235 e. The first-order valence-corrected chi connectivity index (χ1v) is 16.7. The molecule has 46 heavy (non-hydrogen) atoms. The number of rotatable bonds is 5. The van der Waals surface area contributed by atoms with E-state index in [2.05, 4.69) is 78.9 Å². The van der Waals surface area contributed by atoms with Crippen LogP contribution in [0.25, 0.3) is 86.3 Å². The molecule has 0 fully saturated rings. The molecule has 0 saturated carbocycles. The standard InChI is InChI=1S/C40H24N4S2/c1-4-13-25(14-5-1)37-42-38(26-15-6-2-7-16-26)44-39(43-37)29-20-12-19-28(23-29)34-35-30-21-10-11-22-31(30)45-32(35)24-33-36(34)41-40(46-33)27-17-8-3-9-18-27/h1-24H. The van der Waals surface area contributed by atoms with Crippen LogP contribution in [0, 0.1) is 0 Å². The maximum atomic E-state index is 5.29. The molecule has 3 heterocycles. The maximum absolute atomic E-state index is 5.29. The molecule has 6 heteroatoms. The molecule has 0 atom stereocenters. The van der Waals surface area contributed by atoms with E-state index in [0.29, 0.717) is 17.5 Å². The lowest BCUT2D eigenvalue weighted by atomic mass is 9.96. The number of nitrogens with zero attached hydrogens (tertiary/aromatic N) is 4. The van der Waals surface area contributed by atoms with Gasteiger partial charge < -0.3 is 0 Å². The first-order valence-electron chi connectivity index (χ1n) is 15.1. The van der Waals surface area contributed by atoms with E-state index in [4.69, 9.17) is 19.9 Å². The van der Waals surface area contributed by atoms with Crippen LogP contribution in [-0.4, -0.2) is 19.9 Å². The Morgan fingerprint density at radius 3 is 1.59 bits per heavy atom. The minimum Gasteiger partial charge on any atom is -0.235 e. The van der Waals surface area contributed by atoms with Gasteiger partial charge in [-0.1, -0.05) is 127 Å². The summed E-state index contributed by atoms with van der Waals surface area (Å²) in [5.74, 6) is 1.93. The van der Waals surface area contributed by atoms with Gasteiger partial charge in [0.2, 0.25) is 0 Å². The predicted octanol–water partition coefficient (Wildman–Crippen LogP) is 11.2. The Labute approximate surface area is 273 Å². The average molecular weight is 625 g/mol. The molecule has 6 aromatic carbocycles. The van der Waals surface area contributed by atoms with Crippen molar-refractivity contribution >= 4 is 53.1 Å². The van der Waals surface area contributed by atoms with Crippen LogP contribution in [0.4, 0.5) is 0 Å². The number of hydrogen-bond donors (Lipinski definition) is 0. The summed E-state index contributed by atoms with van der Waals surface area (Å²) in [5, 5.41) is 3.50. The highest BCUT2D eigenvalue weighted by Gasteiger charge is 2.20. The van der Waals surface area contributed by atoms with Crippen LogP contribution < -0.4 is 0 Å². The predicted molar refractivity (Wildman–Crippen MR) is 193 cm³/mol. The molecule has 0 aliphatic heterocycles. The minimum atomic E-state index is 0.636. The molecule has 0 amide bonds. The Morgan fingerprint density at radius 2 is 0.913 bits per heavy atom. The molecule has 9 rings (SSSR count). The smallest absolute Gasteiger partial charge is 0.164 e. The van der Waals surface area contributed by atoms with Crippen molar-refractivity contribution in [1.29, 1.82) is 0 Å². The van der Waals surface area contributed by atoms with Crippen molar-refractivity contribution in [2.24, 2.45) is 0 Å². The van der Waals surface area contributed by atoms with E-state index in [1.807, 2.05) is 78.1 Å². The second-order valence-electron chi connectivity index (χ2n) is 11.1. The average Bonchev–Trinajstić information content (AvgIpc) is 3.73. The van der Waals surface area contributed by atoms with E-state index in [-0.39, 0.29) is 0 Å². The SMILES string of the molecule is c1ccc(-c2nc(-c3ccccc3)nc(-c3cccc(-c4c5nc(-c6ccccc6)sc5cc5sc6ccccc6c45)c3)n2)cc1. The van der Waals surface area contributed by atoms with Gasteiger partial charge in [-0.2, -0.15) is 0 Å². The Bertz CT molecular complexity index is 2460. The fraction of sp³-hybridized carbons (Fsp3) is 0. The summed E-state index contributed by atoms with van der Waals surface area (Å²) in [5.41, 5.74) is 7.21. The lowest BCUT2D eigenvalue weighted by molar-refractivity contribution is 1.07. The third kappa shape index (κ3) is 4.67. The van der Waals surface area contributed by atoms with Crippen LogP contribution in [0.15, 0.2) is 146 Å². The summed E-state index contributed by atoms with van der Waals surface area (Å²) < 4.78 is 3.71. The third-order valence-electron chi connectivity index (χ3n) is 8.15. The zero-order valence-electron chi connectivity index (χ0n) is 24.5. The number of fused-ring (bicyclic) bond motifs is 4. The van der Waals surface area contributed by atoms with Crippen LogP contribution >= 0.6 is 22.7 Å². The van der Waals surface area contributed by atoms with Gasteiger partial charge in [-0.25, -0.2) is 19.9 Å². The third-order valence-corrected chi connectivity index (χ3v) is 10.3. The van der Waals surface area contributed by atoms with E-state index in [9.17, 15) is 0 Å². The summed E-state index contributed by atoms with van der Waals surface area (Å²) in [6, 6.07) is 50.2. The van der Waals surface area contributed by atoms with Gasteiger partial charge in [-0.05, 0) is 23.8 Å². The number of thiazole rings is 1. The minimum absolute atomic E-state index is 0.636. The van der Waals surface area contributed by atoms with Crippen LogP contribution in [0.3, 0.4) is 0 Å². The van der Waals surface area contributed by atoms with E-state index < -0.39 is 0 Å². The number of aromatic nitrogens is 4. The first kappa shape index (κ1) is 26.8. The monoisotopic (exact) mass is 624 g/mol. The van der Waals surface area contributed by atoms with Crippen molar-refractivity contribution in [1.82, 2.24) is 19.9 Å². The zero-order valence-corrected chi connectivity index (χ0v) is 26.1. The summed E-state index contributed by atoms with van der Waals surface area (Å²) in [7, 11) is 0. The Morgan fingerprint density at radius 1 is 0.370 bits per heavy atom. The summed E-state index contributed by atoms with van der Waals surface area (Å²) >= 11 is 3.58. The summed E-state index contributed by atoms with van der Waals surface area (Å²) in [6.45, 7) is 0. The fourth-order valence-electron chi connectivity index (χ4n) is 6.01. The lowest BCUT2D eigenvalue weighted by Gasteiger charge is -2.11. The van der Waals surface area contributed by atoms with Gasteiger partial charge in [-0.15, -0.1) is 22.7 Å². The first-order chi connectivity index (χ1) is 22.8. The van der Waals surface area contributed by atoms with E-state index in [1.165, 1.54) is 24.9 Å². The second kappa shape index (κ2) is 11.1. The summed E-state index contributed by atoms with van der Waals surface area (Å²) in [6.07, 6.45) is 0. The molecule has 0 bridgehead atoms. The topological polar surface area (TPSA) is 51.6 Å². The molecule has 0 aliphatic rings. The molecular weight excluding hydrogens is 601 g/mol. The van der Waals surface area contributed by atoms with Gasteiger partial charge in [0.1, 0.15) is 5.01 Å². The Hall–Kier alpha value is -5.56. The van der Waals surface area contributed by atoms with Crippen molar-refractivity contribution in [3.05, 3.63) is 146 Å². The van der Waals surface area contributed by atoms with Crippen LogP contribution in [0.1, 0.15) is 0 Å². The van der Waals surface area contributed by atoms with Crippen molar-refractivity contribution in [3.63, 3.8) is 0 Å². The van der Waals surface area contributed by atoms with Crippen molar-refractivity contribution in [2.75, 3.05) is 0 Å². The number of thiophene rings is 1. The van der Waals surface area contributed by atoms with Gasteiger partial charge in [0.25, 0.3) is 0 Å². The number of benzene rings is 6. The molecule has 0 unspecified atom stereocenters. The molecular formula is C40H24N4S2. The van der Waals surface area contributed by atoms with Gasteiger partial charge in [0, 0.05) is 48.0 Å². The van der Waals surface area contributed by atoms with Gasteiger partial charge >= 0.3 is 0 Å². The molecule has 4 nitrogen and oxygen atoms in total. The molecule has 216 valence electrons. The Kier molecular flexibility index (Phi) is 6.47. The molecule has 0 radical (unpaired) electrons. The number of hydrogen-bond acceptors (Lipinski definition) is 6. The van der Waals surface area contributed by atoms with Gasteiger partial charge in [-0.3, -0.25) is 0 Å². The highest BCUT2D eigenvalue weighted by molar-refractivity contribution is 7.27. The van der Waals surface area contributed by atoms with Crippen molar-refractivity contribution in [2.45, 2.75) is 0 Å². The van der Waals surface area contributed by atoms with Crippen LogP contribution in [-0.2, 0) is 0 Å². The van der Waals surface area contributed by atoms with Crippen LogP contribution in [0.2, 0.25) is 0 Å². The van der Waals surface area contributed by atoms with E-state index in [0.717, 1.165) is 43.9 Å². The molecule has 9 aromatic rings. The summed E-state index contributed by atoms with van der Waals surface area (Å²) in [4.78, 5) is 20.2. The normalized spacial score (nSPS) is 11.5. The van der Waals surface area contributed by atoms with Crippen molar-refractivity contribution in [3.8, 4) is 55.9 Å². The lowest BCUT2D eigenvalue weighted by Crippen LogP contribution is -2.00. The fourth-order valence-corrected chi connectivity index (χ4v) is 8.26. The highest BCUT2D eigenvalue weighted by atomic mass is 32.1. The molecule has 0 spiro atoms. The van der Waals surface area contributed by atoms with Crippen molar-refractivity contribution < 1.29 is 0 Å². The van der Waals surface area contributed by atoms with E-state index >= 15 is 0 Å². The molecule has 3 aromatic heterocycles. The van der Waals surface area contributed by atoms with Gasteiger partial charge in [0.05, 0.1) is 10.2 Å².